The third-order valence-electron chi connectivity index (χ3n) is 4.58. The lowest BCUT2D eigenvalue weighted by Gasteiger charge is -2.27. The number of hydrogen-bond acceptors (Lipinski definition) is 3. The van der Waals surface area contributed by atoms with Gasteiger partial charge >= 0.3 is 0 Å². The van der Waals surface area contributed by atoms with E-state index in [0.717, 1.165) is 0 Å². The molecule has 0 aliphatic heterocycles. The minimum Gasteiger partial charge on any atom is -0.387 e. The van der Waals surface area contributed by atoms with Crippen molar-refractivity contribution in [2.75, 3.05) is 27.2 Å². The van der Waals surface area contributed by atoms with Crippen LogP contribution in [0.15, 0.2) is 0 Å². The number of nitrogens with one attached hydrogen (secondary N) is 1. The number of rotatable bonds is 5. The summed E-state index contributed by atoms with van der Waals surface area (Å²) in [5.74, 6) is 0.101. The molecular formula is C14H28N2O2. The van der Waals surface area contributed by atoms with Gasteiger partial charge in [0.15, 0.2) is 0 Å². The van der Waals surface area contributed by atoms with Crippen molar-refractivity contribution < 1.29 is 9.90 Å². The second kappa shape index (κ2) is 4.49. The van der Waals surface area contributed by atoms with Crippen LogP contribution in [0.2, 0.25) is 0 Å². The molecule has 0 saturated heterocycles. The molecule has 0 spiro atoms. The fourth-order valence-electron chi connectivity index (χ4n) is 2.97. The Morgan fingerprint density at radius 3 is 2.06 bits per heavy atom. The SMILES string of the molecule is CN(C)CC(C)(O)CNC(=O)C1C(C)(C)C1(C)C. The Morgan fingerprint density at radius 2 is 1.72 bits per heavy atom. The maximum absolute atomic E-state index is 12.1. The summed E-state index contributed by atoms with van der Waals surface area (Å²) in [6, 6.07) is 0. The molecule has 1 amide bonds. The first kappa shape index (κ1) is 15.4. The molecule has 0 aromatic carbocycles. The highest BCUT2D eigenvalue weighted by atomic mass is 16.3. The zero-order chi connectivity index (χ0) is 14.4. The smallest absolute Gasteiger partial charge is 0.224 e. The van der Waals surface area contributed by atoms with E-state index in [9.17, 15) is 9.90 Å². The minimum absolute atomic E-state index is 0.0418. The number of hydrogen-bond donors (Lipinski definition) is 2. The molecule has 4 heteroatoms. The Bertz CT molecular complexity index is 319. The van der Waals surface area contributed by atoms with Crippen molar-refractivity contribution in [3.63, 3.8) is 0 Å². The Morgan fingerprint density at radius 1 is 1.28 bits per heavy atom. The van der Waals surface area contributed by atoms with Gasteiger partial charge in [0, 0.05) is 19.0 Å². The molecule has 1 atom stereocenters. The Kier molecular flexibility index (Phi) is 3.86. The van der Waals surface area contributed by atoms with E-state index in [4.69, 9.17) is 0 Å². The van der Waals surface area contributed by atoms with Crippen LogP contribution in [0.5, 0.6) is 0 Å². The van der Waals surface area contributed by atoms with Crippen LogP contribution < -0.4 is 5.32 Å². The van der Waals surface area contributed by atoms with Crippen molar-refractivity contribution in [2.24, 2.45) is 16.7 Å². The quantitative estimate of drug-likeness (QED) is 0.774. The fraction of sp³-hybridized carbons (Fsp3) is 0.929. The molecule has 0 aromatic rings. The van der Waals surface area contributed by atoms with Gasteiger partial charge < -0.3 is 15.3 Å². The van der Waals surface area contributed by atoms with Crippen molar-refractivity contribution in [3.8, 4) is 0 Å². The maximum Gasteiger partial charge on any atom is 0.224 e. The summed E-state index contributed by atoms with van der Waals surface area (Å²) >= 11 is 0. The van der Waals surface area contributed by atoms with E-state index in [0.29, 0.717) is 13.1 Å². The summed E-state index contributed by atoms with van der Waals surface area (Å²) in [7, 11) is 3.81. The third-order valence-corrected chi connectivity index (χ3v) is 4.58. The van der Waals surface area contributed by atoms with Gasteiger partial charge in [0.2, 0.25) is 5.91 Å². The summed E-state index contributed by atoms with van der Waals surface area (Å²) < 4.78 is 0. The van der Waals surface area contributed by atoms with Crippen molar-refractivity contribution in [3.05, 3.63) is 0 Å². The zero-order valence-corrected chi connectivity index (χ0v) is 12.8. The second-order valence-corrected chi connectivity index (χ2v) is 7.33. The van der Waals surface area contributed by atoms with Gasteiger partial charge in [-0.1, -0.05) is 27.7 Å². The average molecular weight is 256 g/mol. The predicted molar refractivity (Wildman–Crippen MR) is 73.2 cm³/mol. The maximum atomic E-state index is 12.1. The third kappa shape index (κ3) is 2.86. The molecule has 0 radical (unpaired) electrons. The molecule has 1 rings (SSSR count). The number of amides is 1. The first-order valence-corrected chi connectivity index (χ1v) is 6.57. The number of nitrogens with zero attached hydrogens (tertiary/aromatic N) is 1. The van der Waals surface area contributed by atoms with Gasteiger partial charge in [0.05, 0.1) is 5.60 Å². The largest absolute Gasteiger partial charge is 0.387 e. The van der Waals surface area contributed by atoms with Gasteiger partial charge in [-0.3, -0.25) is 4.79 Å². The zero-order valence-electron chi connectivity index (χ0n) is 12.8. The number of aliphatic hydroxyl groups is 1. The highest BCUT2D eigenvalue weighted by Gasteiger charge is 2.68. The van der Waals surface area contributed by atoms with Crippen molar-refractivity contribution in [1.29, 1.82) is 0 Å². The van der Waals surface area contributed by atoms with Gasteiger partial charge in [-0.25, -0.2) is 0 Å². The molecule has 4 nitrogen and oxygen atoms in total. The molecule has 18 heavy (non-hydrogen) atoms. The summed E-state index contributed by atoms with van der Waals surface area (Å²) in [5.41, 5.74) is -0.794. The van der Waals surface area contributed by atoms with Crippen molar-refractivity contribution >= 4 is 5.91 Å². The van der Waals surface area contributed by atoms with Crippen LogP contribution in [0.4, 0.5) is 0 Å². The molecule has 1 saturated carbocycles. The van der Waals surface area contributed by atoms with Crippen LogP contribution in [0.3, 0.4) is 0 Å². The van der Waals surface area contributed by atoms with E-state index in [1.54, 1.807) is 6.92 Å². The van der Waals surface area contributed by atoms with E-state index in [1.165, 1.54) is 0 Å². The van der Waals surface area contributed by atoms with Crippen molar-refractivity contribution in [2.45, 2.75) is 40.2 Å². The van der Waals surface area contributed by atoms with Gasteiger partial charge in [-0.05, 0) is 31.8 Å². The Balaban J connectivity index is 2.49. The lowest BCUT2D eigenvalue weighted by atomic mass is 10.0. The van der Waals surface area contributed by atoms with Gasteiger partial charge in [-0.2, -0.15) is 0 Å². The predicted octanol–water partition coefficient (Wildman–Crippen LogP) is 1.10. The molecule has 0 bridgehead atoms. The van der Waals surface area contributed by atoms with Crippen molar-refractivity contribution in [1.82, 2.24) is 10.2 Å². The summed E-state index contributed by atoms with van der Waals surface area (Å²) in [5, 5.41) is 13.0. The summed E-state index contributed by atoms with van der Waals surface area (Å²) in [6.07, 6.45) is 0. The fourth-order valence-corrected chi connectivity index (χ4v) is 2.97. The first-order valence-electron chi connectivity index (χ1n) is 6.57. The lowest BCUT2D eigenvalue weighted by molar-refractivity contribution is -0.124. The highest BCUT2D eigenvalue weighted by molar-refractivity contribution is 5.84. The van der Waals surface area contributed by atoms with Crippen LogP contribution in [-0.2, 0) is 4.79 Å². The lowest BCUT2D eigenvalue weighted by Crippen LogP contribution is -2.47. The van der Waals surface area contributed by atoms with E-state index in [2.05, 4.69) is 33.0 Å². The Hall–Kier alpha value is -0.610. The van der Waals surface area contributed by atoms with Crippen LogP contribution in [-0.4, -0.2) is 48.7 Å². The molecule has 1 unspecified atom stereocenters. The van der Waals surface area contributed by atoms with Crippen LogP contribution in [0, 0.1) is 16.7 Å². The molecule has 1 aliphatic rings. The molecule has 1 fully saturated rings. The van der Waals surface area contributed by atoms with Crippen LogP contribution in [0.25, 0.3) is 0 Å². The van der Waals surface area contributed by atoms with Crippen LogP contribution in [0.1, 0.15) is 34.6 Å². The monoisotopic (exact) mass is 256 g/mol. The molecule has 0 aromatic heterocycles. The normalized spacial score (nSPS) is 24.7. The van der Waals surface area contributed by atoms with Gasteiger partial charge in [0.25, 0.3) is 0 Å². The molecule has 1 aliphatic carbocycles. The Labute approximate surface area is 111 Å². The summed E-state index contributed by atoms with van der Waals surface area (Å²) in [4.78, 5) is 14.0. The first-order chi connectivity index (χ1) is 7.92. The molecule has 106 valence electrons. The minimum atomic E-state index is -0.887. The standard InChI is InChI=1S/C14H28N2O2/c1-12(2)10(13(12,3)4)11(17)15-8-14(5,18)9-16(6)7/h10,18H,8-9H2,1-7H3,(H,15,17). The molecule has 0 heterocycles. The number of carbonyl (C=O) groups is 1. The van der Waals surface area contributed by atoms with Gasteiger partial charge in [-0.15, -0.1) is 0 Å². The van der Waals surface area contributed by atoms with E-state index in [-0.39, 0.29) is 22.7 Å². The molecular weight excluding hydrogens is 228 g/mol. The number of carbonyl (C=O) groups excluding carboxylic acids is 1. The van der Waals surface area contributed by atoms with E-state index < -0.39 is 5.60 Å². The topological polar surface area (TPSA) is 52.6 Å². The average Bonchev–Trinajstić information content (AvgIpc) is 2.52. The highest BCUT2D eigenvalue weighted by Crippen LogP contribution is 2.68. The summed E-state index contributed by atoms with van der Waals surface area (Å²) in [6.45, 7) is 11.1. The molecule has 2 N–H and O–H groups in total. The second-order valence-electron chi connectivity index (χ2n) is 7.33. The van der Waals surface area contributed by atoms with Gasteiger partial charge in [0.1, 0.15) is 0 Å². The van der Waals surface area contributed by atoms with E-state index in [1.807, 2.05) is 19.0 Å². The van der Waals surface area contributed by atoms with Crippen LogP contribution >= 0.6 is 0 Å². The number of likely N-dealkylation sites (N-methyl/N-ethyl adjacent to an activating group) is 1. The van der Waals surface area contributed by atoms with E-state index >= 15 is 0 Å².